The molecule has 3 heterocycles. The van der Waals surface area contributed by atoms with Crippen LogP contribution in [0.4, 0.5) is 5.82 Å². The summed E-state index contributed by atoms with van der Waals surface area (Å²) in [5.74, 6) is 0.648. The van der Waals surface area contributed by atoms with Crippen LogP contribution in [0, 0.1) is 19.8 Å². The molecule has 0 saturated carbocycles. The van der Waals surface area contributed by atoms with Gasteiger partial charge in [0.2, 0.25) is 0 Å². The number of fused-ring (bicyclic) bond motifs is 1. The first-order valence-electron chi connectivity index (χ1n) is 9.31. The Bertz CT molecular complexity index is 984. The standard InChI is InChI=1S/C21H23N3O2S/c1-13-14(2)27-20-18(13)19(24-10-6-9-16(12-24)21(25)26)22-17(23-20)11-15-7-4-3-5-8-15/h3-5,7-8,16H,6,9-12H2,1-2H3,(H,25,26). The van der Waals surface area contributed by atoms with Gasteiger partial charge in [0.05, 0.1) is 11.3 Å². The van der Waals surface area contributed by atoms with Gasteiger partial charge in [-0.15, -0.1) is 11.3 Å². The van der Waals surface area contributed by atoms with Crippen LogP contribution in [0.2, 0.25) is 0 Å². The van der Waals surface area contributed by atoms with Crippen LogP contribution in [0.1, 0.15) is 34.7 Å². The van der Waals surface area contributed by atoms with E-state index in [1.807, 2.05) is 18.2 Å². The molecule has 6 heteroatoms. The lowest BCUT2D eigenvalue weighted by Crippen LogP contribution is -2.39. The summed E-state index contributed by atoms with van der Waals surface area (Å²) < 4.78 is 0. The van der Waals surface area contributed by atoms with Gasteiger partial charge in [-0.3, -0.25) is 4.79 Å². The van der Waals surface area contributed by atoms with E-state index in [1.165, 1.54) is 16.0 Å². The second-order valence-electron chi connectivity index (χ2n) is 7.21. The van der Waals surface area contributed by atoms with Crippen molar-refractivity contribution in [2.45, 2.75) is 33.1 Å². The van der Waals surface area contributed by atoms with Gasteiger partial charge in [0.15, 0.2) is 0 Å². The molecule has 0 radical (unpaired) electrons. The third-order valence-corrected chi connectivity index (χ3v) is 6.43. The molecule has 1 unspecified atom stereocenters. The highest BCUT2D eigenvalue weighted by molar-refractivity contribution is 7.18. The van der Waals surface area contributed by atoms with E-state index in [0.29, 0.717) is 13.0 Å². The van der Waals surface area contributed by atoms with Crippen LogP contribution in [0.5, 0.6) is 0 Å². The van der Waals surface area contributed by atoms with E-state index >= 15 is 0 Å². The topological polar surface area (TPSA) is 66.3 Å². The molecule has 2 aromatic heterocycles. The van der Waals surface area contributed by atoms with Gasteiger partial charge in [0.25, 0.3) is 0 Å². The summed E-state index contributed by atoms with van der Waals surface area (Å²) in [6.45, 7) is 5.57. The molecular weight excluding hydrogens is 358 g/mol. The average Bonchev–Trinajstić information content (AvgIpc) is 2.96. The number of carboxylic acid groups (broad SMARTS) is 1. The van der Waals surface area contributed by atoms with Gasteiger partial charge in [0, 0.05) is 24.4 Å². The van der Waals surface area contributed by atoms with Gasteiger partial charge in [0.1, 0.15) is 16.5 Å². The Morgan fingerprint density at radius 3 is 2.78 bits per heavy atom. The third kappa shape index (κ3) is 3.54. The Hall–Kier alpha value is -2.47. The Morgan fingerprint density at radius 1 is 1.26 bits per heavy atom. The Morgan fingerprint density at radius 2 is 2.04 bits per heavy atom. The van der Waals surface area contributed by atoms with Crippen molar-refractivity contribution in [3.63, 3.8) is 0 Å². The van der Waals surface area contributed by atoms with Gasteiger partial charge in [-0.25, -0.2) is 9.97 Å². The first-order chi connectivity index (χ1) is 13.0. The number of aryl methyl sites for hydroxylation is 2. The number of carboxylic acids is 1. The lowest BCUT2D eigenvalue weighted by molar-refractivity contribution is -0.141. The van der Waals surface area contributed by atoms with Crippen LogP contribution in [-0.2, 0) is 11.2 Å². The minimum Gasteiger partial charge on any atom is -0.481 e. The molecule has 0 spiro atoms. The maximum Gasteiger partial charge on any atom is 0.308 e. The number of anilines is 1. The van der Waals surface area contributed by atoms with E-state index in [2.05, 4.69) is 30.9 Å². The summed E-state index contributed by atoms with van der Waals surface area (Å²) in [6, 6.07) is 10.2. The molecule has 1 atom stereocenters. The summed E-state index contributed by atoms with van der Waals surface area (Å²) >= 11 is 1.69. The fourth-order valence-electron chi connectivity index (χ4n) is 3.73. The zero-order valence-electron chi connectivity index (χ0n) is 15.6. The molecule has 3 aromatic rings. The minimum absolute atomic E-state index is 0.332. The average molecular weight is 382 g/mol. The number of aromatic nitrogens is 2. The SMILES string of the molecule is Cc1sc2nc(Cc3ccccc3)nc(N3CCCC(C(=O)O)C3)c2c1C. The lowest BCUT2D eigenvalue weighted by atomic mass is 9.98. The summed E-state index contributed by atoms with van der Waals surface area (Å²) in [7, 11) is 0. The van der Waals surface area contributed by atoms with Gasteiger partial charge < -0.3 is 10.0 Å². The zero-order valence-corrected chi connectivity index (χ0v) is 16.4. The fraction of sp³-hybridized carbons (Fsp3) is 0.381. The number of rotatable bonds is 4. The van der Waals surface area contributed by atoms with Crippen LogP contribution in [0.25, 0.3) is 10.2 Å². The van der Waals surface area contributed by atoms with E-state index in [9.17, 15) is 9.90 Å². The number of hydrogen-bond donors (Lipinski definition) is 1. The van der Waals surface area contributed by atoms with Crippen molar-refractivity contribution >= 4 is 33.3 Å². The van der Waals surface area contributed by atoms with Crippen LogP contribution < -0.4 is 4.90 Å². The van der Waals surface area contributed by atoms with Crippen molar-refractivity contribution in [1.82, 2.24) is 9.97 Å². The molecule has 1 aliphatic heterocycles. The summed E-state index contributed by atoms with van der Waals surface area (Å²) in [5.41, 5.74) is 2.38. The number of nitrogens with zero attached hydrogens (tertiary/aromatic N) is 3. The van der Waals surface area contributed by atoms with Crippen molar-refractivity contribution in [1.29, 1.82) is 0 Å². The molecule has 140 valence electrons. The third-order valence-electron chi connectivity index (χ3n) is 5.33. The van der Waals surface area contributed by atoms with Crippen LogP contribution in [0.3, 0.4) is 0 Å². The van der Waals surface area contributed by atoms with Crippen molar-refractivity contribution < 1.29 is 9.90 Å². The first-order valence-corrected chi connectivity index (χ1v) is 10.1. The van der Waals surface area contributed by atoms with Gasteiger partial charge in [-0.2, -0.15) is 0 Å². The maximum atomic E-state index is 11.5. The molecule has 27 heavy (non-hydrogen) atoms. The molecule has 1 aliphatic rings. The van der Waals surface area contributed by atoms with Crippen LogP contribution >= 0.6 is 11.3 Å². The van der Waals surface area contributed by atoms with Gasteiger partial charge in [-0.1, -0.05) is 30.3 Å². The second-order valence-corrected chi connectivity index (χ2v) is 8.42. The predicted molar refractivity (Wildman–Crippen MR) is 109 cm³/mol. The Labute approximate surface area is 162 Å². The van der Waals surface area contributed by atoms with E-state index in [0.717, 1.165) is 41.2 Å². The lowest BCUT2D eigenvalue weighted by Gasteiger charge is -2.32. The summed E-state index contributed by atoms with van der Waals surface area (Å²) in [5, 5.41) is 10.6. The van der Waals surface area contributed by atoms with Gasteiger partial charge >= 0.3 is 5.97 Å². The minimum atomic E-state index is -0.715. The summed E-state index contributed by atoms with van der Waals surface area (Å²) in [6.07, 6.45) is 2.28. The van der Waals surface area contributed by atoms with Crippen molar-refractivity contribution in [2.75, 3.05) is 18.0 Å². The molecule has 1 saturated heterocycles. The van der Waals surface area contributed by atoms with Crippen LogP contribution in [-0.4, -0.2) is 34.1 Å². The van der Waals surface area contributed by atoms with Crippen molar-refractivity contribution in [2.24, 2.45) is 5.92 Å². The van der Waals surface area contributed by atoms with E-state index in [1.54, 1.807) is 11.3 Å². The molecule has 0 aliphatic carbocycles. The molecule has 4 rings (SSSR count). The highest BCUT2D eigenvalue weighted by Crippen LogP contribution is 2.36. The quantitative estimate of drug-likeness (QED) is 0.734. The highest BCUT2D eigenvalue weighted by Gasteiger charge is 2.28. The van der Waals surface area contributed by atoms with Crippen LogP contribution in [0.15, 0.2) is 30.3 Å². The number of carbonyl (C=O) groups is 1. The molecule has 0 amide bonds. The Kier molecular flexibility index (Phi) is 4.83. The number of hydrogen-bond acceptors (Lipinski definition) is 5. The monoisotopic (exact) mass is 381 g/mol. The van der Waals surface area contributed by atoms with Crippen molar-refractivity contribution in [3.05, 3.63) is 52.2 Å². The Balaban J connectivity index is 1.78. The molecular formula is C21H23N3O2S. The highest BCUT2D eigenvalue weighted by atomic mass is 32.1. The number of thiophene rings is 1. The molecule has 5 nitrogen and oxygen atoms in total. The van der Waals surface area contributed by atoms with Gasteiger partial charge in [-0.05, 0) is 37.8 Å². The van der Waals surface area contributed by atoms with E-state index in [-0.39, 0.29) is 5.92 Å². The zero-order chi connectivity index (χ0) is 19.0. The maximum absolute atomic E-state index is 11.5. The number of piperidine rings is 1. The smallest absolute Gasteiger partial charge is 0.308 e. The number of benzene rings is 1. The van der Waals surface area contributed by atoms with E-state index < -0.39 is 5.97 Å². The fourth-order valence-corrected chi connectivity index (χ4v) is 4.77. The second kappa shape index (κ2) is 7.27. The first kappa shape index (κ1) is 17.9. The molecule has 1 fully saturated rings. The number of aliphatic carboxylic acids is 1. The summed E-state index contributed by atoms with van der Waals surface area (Å²) in [4.78, 5) is 25.7. The molecule has 1 N–H and O–H groups in total. The predicted octanol–water partition coefficient (Wildman–Crippen LogP) is 4.20. The molecule has 0 bridgehead atoms. The largest absolute Gasteiger partial charge is 0.481 e. The van der Waals surface area contributed by atoms with E-state index in [4.69, 9.17) is 9.97 Å². The van der Waals surface area contributed by atoms with Crippen molar-refractivity contribution in [3.8, 4) is 0 Å². The molecule has 1 aromatic carbocycles. The normalized spacial score (nSPS) is 17.4.